The number of hydrogen-bond donors (Lipinski definition) is 3. The highest BCUT2D eigenvalue weighted by atomic mass is 16.3. The fourth-order valence-corrected chi connectivity index (χ4v) is 8.25. The maximum Gasteiger partial charge on any atom is 0.220 e. The lowest BCUT2D eigenvalue weighted by atomic mass is 10.0. The zero-order valence-corrected chi connectivity index (χ0v) is 40.0. The van der Waals surface area contributed by atoms with Crippen molar-refractivity contribution in [3.05, 3.63) is 36.5 Å². The Morgan fingerprint density at radius 2 is 0.661 bits per heavy atom. The highest BCUT2D eigenvalue weighted by Crippen LogP contribution is 2.16. The summed E-state index contributed by atoms with van der Waals surface area (Å²) in [4.78, 5) is 12.4. The third-order valence-electron chi connectivity index (χ3n) is 12.3. The van der Waals surface area contributed by atoms with Crippen LogP contribution in [0.15, 0.2) is 36.5 Å². The largest absolute Gasteiger partial charge is 0.394 e. The van der Waals surface area contributed by atoms with Crippen LogP contribution in [-0.4, -0.2) is 34.9 Å². The number of aliphatic hydroxyl groups excluding tert-OH is 2. The van der Waals surface area contributed by atoms with Crippen molar-refractivity contribution in [2.24, 2.45) is 0 Å². The fourth-order valence-electron chi connectivity index (χ4n) is 8.25. The molecule has 0 aromatic heterocycles. The average Bonchev–Trinajstić information content (AvgIpc) is 3.24. The average molecular weight is 828 g/mol. The molecule has 0 saturated heterocycles. The van der Waals surface area contributed by atoms with Crippen LogP contribution in [0.25, 0.3) is 0 Å². The molecule has 0 heterocycles. The van der Waals surface area contributed by atoms with E-state index >= 15 is 0 Å². The molecule has 3 N–H and O–H groups in total. The van der Waals surface area contributed by atoms with Gasteiger partial charge in [-0.1, -0.05) is 262 Å². The third kappa shape index (κ3) is 47.5. The van der Waals surface area contributed by atoms with Gasteiger partial charge >= 0.3 is 0 Å². The molecule has 0 aromatic rings. The standard InChI is InChI=1S/C55H105NO3/c1-3-5-7-9-11-13-15-17-19-21-23-25-26-27-28-29-31-33-35-37-39-41-43-45-47-49-51-55(59)56-53(52-57)54(58)50-48-46-44-42-40-38-36-34-32-30-24-22-20-18-16-14-12-10-8-6-4-2/h27-28,40,42,48,50,53-54,57-58H,3-26,29-39,41,43-47,49,51-52H2,1-2H3,(H,56,59)/b28-27-,42-40+,50-48+. The number of amides is 1. The summed E-state index contributed by atoms with van der Waals surface area (Å²) in [6.07, 6.45) is 68.7. The van der Waals surface area contributed by atoms with Crippen molar-refractivity contribution in [3.8, 4) is 0 Å². The van der Waals surface area contributed by atoms with E-state index in [1.54, 1.807) is 6.08 Å². The van der Waals surface area contributed by atoms with Crippen LogP contribution in [0.1, 0.15) is 290 Å². The lowest BCUT2D eigenvalue weighted by molar-refractivity contribution is -0.123. The first-order valence-corrected chi connectivity index (χ1v) is 26.7. The molecule has 348 valence electrons. The highest BCUT2D eigenvalue weighted by molar-refractivity contribution is 5.76. The number of carbonyl (C=O) groups is 1. The van der Waals surface area contributed by atoms with E-state index in [4.69, 9.17) is 0 Å². The monoisotopic (exact) mass is 828 g/mol. The van der Waals surface area contributed by atoms with Crippen LogP contribution in [0, 0.1) is 0 Å². The normalized spacial score (nSPS) is 13.1. The van der Waals surface area contributed by atoms with E-state index in [1.807, 2.05) is 6.08 Å². The van der Waals surface area contributed by atoms with Gasteiger partial charge in [-0.05, 0) is 57.8 Å². The van der Waals surface area contributed by atoms with Gasteiger partial charge in [0.2, 0.25) is 5.91 Å². The summed E-state index contributed by atoms with van der Waals surface area (Å²) >= 11 is 0. The van der Waals surface area contributed by atoms with Gasteiger partial charge in [-0.3, -0.25) is 4.79 Å². The lowest BCUT2D eigenvalue weighted by Crippen LogP contribution is -2.45. The fraction of sp³-hybridized carbons (Fsp3) is 0.873. The molecule has 0 bridgehead atoms. The van der Waals surface area contributed by atoms with Crippen LogP contribution < -0.4 is 5.32 Å². The minimum atomic E-state index is -0.862. The number of allylic oxidation sites excluding steroid dienone is 5. The van der Waals surface area contributed by atoms with Gasteiger partial charge in [0.1, 0.15) is 0 Å². The Bertz CT molecular complexity index is 897. The lowest BCUT2D eigenvalue weighted by Gasteiger charge is -2.19. The maximum atomic E-state index is 12.4. The van der Waals surface area contributed by atoms with Gasteiger partial charge in [0.15, 0.2) is 0 Å². The van der Waals surface area contributed by atoms with Crippen LogP contribution in [0.4, 0.5) is 0 Å². The van der Waals surface area contributed by atoms with Crippen LogP contribution in [-0.2, 0) is 4.79 Å². The second kappa shape index (κ2) is 51.0. The van der Waals surface area contributed by atoms with Gasteiger partial charge in [-0.2, -0.15) is 0 Å². The molecule has 2 atom stereocenters. The van der Waals surface area contributed by atoms with Crippen LogP contribution in [0.2, 0.25) is 0 Å². The second-order valence-electron chi connectivity index (χ2n) is 18.3. The summed E-state index contributed by atoms with van der Waals surface area (Å²) in [6, 6.07) is -0.639. The van der Waals surface area contributed by atoms with Crippen molar-refractivity contribution in [2.75, 3.05) is 6.61 Å². The molecular weight excluding hydrogens is 723 g/mol. The molecule has 0 aromatic carbocycles. The van der Waals surface area contributed by atoms with Gasteiger partial charge in [-0.15, -0.1) is 0 Å². The minimum Gasteiger partial charge on any atom is -0.394 e. The first-order valence-electron chi connectivity index (χ1n) is 26.7. The Labute approximate surface area is 370 Å². The van der Waals surface area contributed by atoms with Gasteiger partial charge in [-0.25, -0.2) is 0 Å². The molecule has 0 fully saturated rings. The summed E-state index contributed by atoms with van der Waals surface area (Å²) in [6.45, 7) is 4.33. The molecule has 4 nitrogen and oxygen atoms in total. The molecule has 0 saturated carbocycles. The van der Waals surface area contributed by atoms with Crippen LogP contribution in [0.3, 0.4) is 0 Å². The molecule has 4 heteroatoms. The van der Waals surface area contributed by atoms with E-state index in [1.165, 1.54) is 238 Å². The summed E-state index contributed by atoms with van der Waals surface area (Å²) < 4.78 is 0. The molecule has 0 rings (SSSR count). The van der Waals surface area contributed by atoms with Gasteiger partial charge < -0.3 is 15.5 Å². The molecule has 0 radical (unpaired) electrons. The molecule has 0 aliphatic carbocycles. The number of hydrogen-bond acceptors (Lipinski definition) is 3. The Balaban J connectivity index is 3.53. The number of unbranched alkanes of at least 4 members (excludes halogenated alkanes) is 38. The molecular formula is C55H105NO3. The zero-order valence-electron chi connectivity index (χ0n) is 40.0. The van der Waals surface area contributed by atoms with E-state index in [0.717, 1.165) is 32.1 Å². The zero-order chi connectivity index (χ0) is 42.8. The summed E-state index contributed by atoms with van der Waals surface area (Å²) in [5.41, 5.74) is 0. The van der Waals surface area contributed by atoms with Crippen molar-refractivity contribution >= 4 is 5.91 Å². The van der Waals surface area contributed by atoms with Crippen molar-refractivity contribution in [1.82, 2.24) is 5.32 Å². The van der Waals surface area contributed by atoms with Gasteiger partial charge in [0.25, 0.3) is 0 Å². The predicted molar refractivity (Wildman–Crippen MR) is 262 cm³/mol. The third-order valence-corrected chi connectivity index (χ3v) is 12.3. The Morgan fingerprint density at radius 3 is 0.983 bits per heavy atom. The maximum absolute atomic E-state index is 12.4. The van der Waals surface area contributed by atoms with E-state index in [9.17, 15) is 15.0 Å². The topological polar surface area (TPSA) is 69.6 Å². The second-order valence-corrected chi connectivity index (χ2v) is 18.3. The molecule has 2 unspecified atom stereocenters. The van der Waals surface area contributed by atoms with Crippen LogP contribution >= 0.6 is 0 Å². The summed E-state index contributed by atoms with van der Waals surface area (Å²) in [7, 11) is 0. The molecule has 1 amide bonds. The molecule has 0 aliphatic heterocycles. The van der Waals surface area contributed by atoms with Gasteiger partial charge in [0, 0.05) is 6.42 Å². The number of nitrogens with one attached hydrogen (secondary N) is 1. The number of rotatable bonds is 49. The SMILES string of the molecule is CCCCCCCCCCCCCC/C=C\CCCCCCCCCCCCC(=O)NC(CO)C(O)/C=C/CC/C=C/CCCCCCCCCCCCCCCCC. The van der Waals surface area contributed by atoms with Crippen molar-refractivity contribution < 1.29 is 15.0 Å². The molecule has 59 heavy (non-hydrogen) atoms. The smallest absolute Gasteiger partial charge is 0.220 e. The van der Waals surface area contributed by atoms with Crippen molar-refractivity contribution in [3.63, 3.8) is 0 Å². The van der Waals surface area contributed by atoms with E-state index < -0.39 is 12.1 Å². The summed E-state index contributed by atoms with van der Waals surface area (Å²) in [5.74, 6) is -0.0718. The van der Waals surface area contributed by atoms with E-state index in [2.05, 4.69) is 43.5 Å². The molecule has 0 spiro atoms. The van der Waals surface area contributed by atoms with E-state index in [-0.39, 0.29) is 12.5 Å². The Hall–Kier alpha value is -1.39. The Kier molecular flexibility index (Phi) is 49.8. The highest BCUT2D eigenvalue weighted by Gasteiger charge is 2.17. The van der Waals surface area contributed by atoms with Gasteiger partial charge in [0.05, 0.1) is 18.8 Å². The predicted octanol–water partition coefficient (Wildman–Crippen LogP) is 17.3. The van der Waals surface area contributed by atoms with E-state index in [0.29, 0.717) is 6.42 Å². The molecule has 0 aliphatic rings. The van der Waals surface area contributed by atoms with Crippen molar-refractivity contribution in [2.45, 2.75) is 302 Å². The minimum absolute atomic E-state index is 0.0718. The first kappa shape index (κ1) is 57.6. The Morgan fingerprint density at radius 1 is 0.390 bits per heavy atom. The van der Waals surface area contributed by atoms with Crippen LogP contribution in [0.5, 0.6) is 0 Å². The number of carbonyl (C=O) groups excluding carboxylic acids is 1. The summed E-state index contributed by atoms with van der Waals surface area (Å²) in [5, 5.41) is 23.1. The quantitative estimate of drug-likeness (QED) is 0.0423. The first-order chi connectivity index (χ1) is 29.2. The number of aliphatic hydroxyl groups is 2. The van der Waals surface area contributed by atoms with Crippen molar-refractivity contribution in [1.29, 1.82) is 0 Å².